The monoisotopic (exact) mass is 398 g/mol. The number of ether oxygens (including phenoxy) is 1. The molecular weight excluding hydrogens is 384 g/mol. The molecule has 1 atom stereocenters. The number of benzene rings is 1. The number of nitriles is 1. The summed E-state index contributed by atoms with van der Waals surface area (Å²) in [6.07, 6.45) is -4.80. The second kappa shape index (κ2) is 8.39. The lowest BCUT2D eigenvalue weighted by atomic mass is 10.1. The summed E-state index contributed by atoms with van der Waals surface area (Å²) in [7, 11) is 0. The van der Waals surface area contributed by atoms with Crippen molar-refractivity contribution in [1.29, 1.82) is 5.26 Å². The molecule has 0 aliphatic rings. The summed E-state index contributed by atoms with van der Waals surface area (Å²) in [5, 5.41) is 8.14. The van der Waals surface area contributed by atoms with Gasteiger partial charge in [0.2, 0.25) is 0 Å². The third-order valence-corrected chi connectivity index (χ3v) is 4.52. The first-order chi connectivity index (χ1) is 12.7. The Balaban J connectivity index is 2.59. The Bertz CT molecular complexity index is 877. The van der Waals surface area contributed by atoms with E-state index in [-0.39, 0.29) is 22.9 Å². The fourth-order valence-corrected chi connectivity index (χ4v) is 3.11. The van der Waals surface area contributed by atoms with Gasteiger partial charge in [-0.2, -0.15) is 18.4 Å². The smallest absolute Gasteiger partial charge is 0.417 e. The Morgan fingerprint density at radius 3 is 2.48 bits per heavy atom. The van der Waals surface area contributed by atoms with Gasteiger partial charge in [-0.05, 0) is 44.2 Å². The molecule has 2 rings (SSSR count). The van der Waals surface area contributed by atoms with Gasteiger partial charge in [0, 0.05) is 5.56 Å². The van der Waals surface area contributed by atoms with Crippen LogP contribution in [0.25, 0.3) is 11.3 Å². The normalized spacial score (nSPS) is 12.3. The van der Waals surface area contributed by atoms with Gasteiger partial charge in [-0.15, -0.1) is 0 Å². The summed E-state index contributed by atoms with van der Waals surface area (Å²) in [5.74, 6) is -1.18. The molecule has 4 nitrogen and oxygen atoms in total. The molecule has 0 amide bonds. The molecule has 1 aromatic heterocycles. The van der Waals surface area contributed by atoms with Crippen LogP contribution in [0, 0.1) is 17.1 Å². The van der Waals surface area contributed by atoms with E-state index in [4.69, 9.17) is 4.74 Å². The second-order valence-corrected chi connectivity index (χ2v) is 6.69. The number of alkyl halides is 3. The van der Waals surface area contributed by atoms with E-state index in [2.05, 4.69) is 4.98 Å². The molecule has 0 radical (unpaired) electrons. The summed E-state index contributed by atoms with van der Waals surface area (Å²) in [4.78, 5) is 15.9. The average molecular weight is 398 g/mol. The van der Waals surface area contributed by atoms with Crippen LogP contribution in [-0.4, -0.2) is 22.8 Å². The molecule has 9 heteroatoms. The molecule has 27 heavy (non-hydrogen) atoms. The maximum Gasteiger partial charge on any atom is 0.417 e. The largest absolute Gasteiger partial charge is 0.465 e. The first kappa shape index (κ1) is 20.7. The number of carbonyl (C=O) groups excluding carboxylic acids is 1. The summed E-state index contributed by atoms with van der Waals surface area (Å²) in [5.41, 5.74) is -1.68. The molecule has 0 N–H and O–H groups in total. The van der Waals surface area contributed by atoms with Crippen molar-refractivity contribution in [3.8, 4) is 17.3 Å². The minimum Gasteiger partial charge on any atom is -0.465 e. The third kappa shape index (κ3) is 4.98. The Hall–Kier alpha value is -2.60. The fourth-order valence-electron chi connectivity index (χ4n) is 2.18. The van der Waals surface area contributed by atoms with Crippen molar-refractivity contribution in [1.82, 2.24) is 4.98 Å². The van der Waals surface area contributed by atoms with Gasteiger partial charge in [0.1, 0.15) is 22.2 Å². The van der Waals surface area contributed by atoms with Crippen LogP contribution >= 0.6 is 11.8 Å². The molecule has 142 valence electrons. The molecule has 0 spiro atoms. The highest BCUT2D eigenvalue weighted by Crippen LogP contribution is 2.39. The lowest BCUT2D eigenvalue weighted by Gasteiger charge is -2.16. The first-order valence-electron chi connectivity index (χ1n) is 7.79. The maximum absolute atomic E-state index is 13.5. The maximum atomic E-state index is 13.5. The van der Waals surface area contributed by atoms with Gasteiger partial charge < -0.3 is 4.74 Å². The van der Waals surface area contributed by atoms with Crippen LogP contribution < -0.4 is 0 Å². The SMILES string of the molecule is CCOC(=O)C(C)Sc1nc(-c2ccc(F)cc2)cc(C(F)(F)F)c1C#N. The highest BCUT2D eigenvalue weighted by Gasteiger charge is 2.36. The highest BCUT2D eigenvalue weighted by molar-refractivity contribution is 8.00. The Labute approximate surface area is 157 Å². The lowest BCUT2D eigenvalue weighted by Crippen LogP contribution is -2.18. The number of nitrogens with zero attached hydrogens (tertiary/aromatic N) is 2. The zero-order valence-corrected chi connectivity index (χ0v) is 15.1. The van der Waals surface area contributed by atoms with Gasteiger partial charge in [-0.3, -0.25) is 4.79 Å². The van der Waals surface area contributed by atoms with E-state index in [0.717, 1.165) is 18.2 Å². The minimum absolute atomic E-state index is 0.0834. The number of pyridine rings is 1. The van der Waals surface area contributed by atoms with Crippen molar-refractivity contribution >= 4 is 17.7 Å². The lowest BCUT2D eigenvalue weighted by molar-refractivity contribution is -0.142. The molecule has 0 saturated carbocycles. The summed E-state index contributed by atoms with van der Waals surface area (Å²) >= 11 is 0.703. The van der Waals surface area contributed by atoms with Crippen LogP contribution in [0.5, 0.6) is 0 Å². The summed E-state index contributed by atoms with van der Waals surface area (Å²) in [6, 6.07) is 7.02. The summed E-state index contributed by atoms with van der Waals surface area (Å²) in [6.45, 7) is 3.17. The van der Waals surface area contributed by atoms with Crippen molar-refractivity contribution < 1.29 is 27.1 Å². The zero-order chi connectivity index (χ0) is 20.2. The van der Waals surface area contributed by atoms with E-state index in [1.807, 2.05) is 0 Å². The number of halogens is 4. The van der Waals surface area contributed by atoms with Crippen molar-refractivity contribution in [2.75, 3.05) is 6.61 Å². The molecule has 1 unspecified atom stereocenters. The highest BCUT2D eigenvalue weighted by atomic mass is 32.2. The quantitative estimate of drug-likeness (QED) is 0.410. The van der Waals surface area contributed by atoms with Crippen LogP contribution in [0.1, 0.15) is 25.0 Å². The molecule has 1 aromatic carbocycles. The molecule has 0 fully saturated rings. The number of aromatic nitrogens is 1. The number of thioether (sulfide) groups is 1. The zero-order valence-electron chi connectivity index (χ0n) is 14.3. The molecule has 0 aliphatic heterocycles. The van der Waals surface area contributed by atoms with Crippen LogP contribution in [0.2, 0.25) is 0 Å². The molecule has 0 bridgehead atoms. The van der Waals surface area contributed by atoms with Gasteiger partial charge in [0.05, 0.1) is 23.4 Å². The number of esters is 1. The van der Waals surface area contributed by atoms with Crippen molar-refractivity contribution in [3.05, 3.63) is 47.3 Å². The molecule has 0 aliphatic carbocycles. The molecular formula is C18H14F4N2O2S. The third-order valence-electron chi connectivity index (χ3n) is 3.45. The Kier molecular flexibility index (Phi) is 6.44. The minimum atomic E-state index is -4.80. The van der Waals surface area contributed by atoms with Crippen LogP contribution in [0.15, 0.2) is 35.4 Å². The van der Waals surface area contributed by atoms with E-state index in [9.17, 15) is 27.6 Å². The van der Waals surface area contributed by atoms with Crippen LogP contribution in [-0.2, 0) is 15.7 Å². The van der Waals surface area contributed by atoms with Crippen molar-refractivity contribution in [2.45, 2.75) is 30.3 Å². The topological polar surface area (TPSA) is 63.0 Å². The Morgan fingerprint density at radius 2 is 1.96 bits per heavy atom. The number of rotatable bonds is 5. The fraction of sp³-hybridized carbons (Fsp3) is 0.278. The van der Waals surface area contributed by atoms with Crippen LogP contribution in [0.3, 0.4) is 0 Å². The van der Waals surface area contributed by atoms with Gasteiger partial charge in [-0.1, -0.05) is 11.8 Å². The van der Waals surface area contributed by atoms with Gasteiger partial charge in [0.15, 0.2) is 0 Å². The Morgan fingerprint density at radius 1 is 1.33 bits per heavy atom. The van der Waals surface area contributed by atoms with Crippen molar-refractivity contribution in [2.24, 2.45) is 0 Å². The number of hydrogen-bond acceptors (Lipinski definition) is 5. The van der Waals surface area contributed by atoms with E-state index in [0.29, 0.717) is 11.8 Å². The summed E-state index contributed by atoms with van der Waals surface area (Å²) < 4.78 is 58.3. The van der Waals surface area contributed by atoms with E-state index in [1.165, 1.54) is 25.1 Å². The molecule has 2 aromatic rings. The first-order valence-corrected chi connectivity index (χ1v) is 8.67. The van der Waals surface area contributed by atoms with E-state index < -0.39 is 34.3 Å². The molecule has 0 saturated heterocycles. The van der Waals surface area contributed by atoms with Gasteiger partial charge in [0.25, 0.3) is 0 Å². The predicted octanol–water partition coefficient (Wildman–Crippen LogP) is 4.82. The second-order valence-electron chi connectivity index (χ2n) is 5.36. The van der Waals surface area contributed by atoms with E-state index >= 15 is 0 Å². The van der Waals surface area contributed by atoms with Gasteiger partial charge in [-0.25, -0.2) is 9.37 Å². The van der Waals surface area contributed by atoms with Crippen molar-refractivity contribution in [3.63, 3.8) is 0 Å². The number of carbonyl (C=O) groups is 1. The van der Waals surface area contributed by atoms with E-state index in [1.54, 1.807) is 6.92 Å². The standard InChI is InChI=1S/C18H14F4N2O2S/c1-3-26-17(25)10(2)27-16-13(9-23)14(18(20,21)22)8-15(24-16)11-4-6-12(19)7-5-11/h4-8,10H,3H2,1-2H3. The average Bonchev–Trinajstić information content (AvgIpc) is 2.61. The molecule has 1 heterocycles. The van der Waals surface area contributed by atoms with Crippen LogP contribution in [0.4, 0.5) is 17.6 Å². The van der Waals surface area contributed by atoms with Gasteiger partial charge >= 0.3 is 12.1 Å². The predicted molar refractivity (Wildman–Crippen MR) is 91.3 cm³/mol. The number of hydrogen-bond donors (Lipinski definition) is 0.